The van der Waals surface area contributed by atoms with Gasteiger partial charge in [0.25, 0.3) is 5.91 Å². The summed E-state index contributed by atoms with van der Waals surface area (Å²) in [4.78, 5) is 28.8. The van der Waals surface area contributed by atoms with E-state index < -0.39 is 0 Å². The molecular formula is C20H25FN2O4. The molecule has 3 heterocycles. The lowest BCUT2D eigenvalue weighted by Gasteiger charge is -2.56. The number of amides is 2. The van der Waals surface area contributed by atoms with Crippen LogP contribution in [0, 0.1) is 17.7 Å². The van der Waals surface area contributed by atoms with Gasteiger partial charge in [0.1, 0.15) is 11.6 Å². The predicted octanol–water partition coefficient (Wildman–Crippen LogP) is 1.42. The molecule has 0 aromatic heterocycles. The number of rotatable bonds is 4. The van der Waals surface area contributed by atoms with E-state index in [1.807, 2.05) is 4.90 Å². The normalized spacial score (nSPS) is 30.1. The van der Waals surface area contributed by atoms with Crippen molar-refractivity contribution in [1.82, 2.24) is 9.80 Å². The Morgan fingerprint density at radius 3 is 2.70 bits per heavy atom. The van der Waals surface area contributed by atoms with Gasteiger partial charge >= 0.3 is 0 Å². The molecule has 6 nitrogen and oxygen atoms in total. The molecule has 7 heteroatoms. The molecule has 0 unspecified atom stereocenters. The maximum absolute atomic E-state index is 13.0. The molecule has 2 amide bonds. The molecule has 4 rings (SSSR count). The van der Waals surface area contributed by atoms with E-state index in [1.165, 1.54) is 24.3 Å². The van der Waals surface area contributed by atoms with E-state index >= 15 is 0 Å². The van der Waals surface area contributed by atoms with Crippen LogP contribution in [-0.2, 0) is 9.59 Å². The van der Waals surface area contributed by atoms with Crippen molar-refractivity contribution in [3.05, 3.63) is 30.1 Å². The monoisotopic (exact) mass is 376 g/mol. The van der Waals surface area contributed by atoms with Crippen LogP contribution in [0.3, 0.4) is 0 Å². The largest absolute Gasteiger partial charge is 0.484 e. The molecule has 0 spiro atoms. The van der Waals surface area contributed by atoms with E-state index in [9.17, 15) is 19.1 Å². The van der Waals surface area contributed by atoms with Crippen molar-refractivity contribution in [1.29, 1.82) is 0 Å². The van der Waals surface area contributed by atoms with Crippen molar-refractivity contribution in [2.45, 2.75) is 37.8 Å². The van der Waals surface area contributed by atoms with E-state index in [0.29, 0.717) is 25.3 Å². The summed E-state index contributed by atoms with van der Waals surface area (Å²) >= 11 is 0. The Morgan fingerprint density at radius 2 is 1.96 bits per heavy atom. The number of halogens is 1. The average molecular weight is 376 g/mol. The van der Waals surface area contributed by atoms with Gasteiger partial charge in [-0.25, -0.2) is 4.39 Å². The zero-order valence-corrected chi connectivity index (χ0v) is 15.2. The number of hydrogen-bond acceptors (Lipinski definition) is 4. The van der Waals surface area contributed by atoms with Gasteiger partial charge in [0.15, 0.2) is 6.61 Å². The van der Waals surface area contributed by atoms with Crippen molar-refractivity contribution in [2.75, 3.05) is 26.3 Å². The zero-order valence-electron chi connectivity index (χ0n) is 15.2. The Hall–Kier alpha value is -2.15. The van der Waals surface area contributed by atoms with E-state index in [1.54, 1.807) is 4.90 Å². The van der Waals surface area contributed by atoms with Gasteiger partial charge < -0.3 is 19.6 Å². The van der Waals surface area contributed by atoms with Crippen LogP contribution in [0.25, 0.3) is 0 Å². The van der Waals surface area contributed by atoms with Gasteiger partial charge in [0.05, 0.1) is 12.6 Å². The third-order valence-corrected chi connectivity index (χ3v) is 6.21. The molecule has 3 aliphatic heterocycles. The van der Waals surface area contributed by atoms with Crippen molar-refractivity contribution < 1.29 is 23.8 Å². The Morgan fingerprint density at radius 1 is 1.22 bits per heavy atom. The van der Waals surface area contributed by atoms with Crippen molar-refractivity contribution >= 4 is 11.8 Å². The molecule has 2 bridgehead atoms. The second-order valence-electron chi connectivity index (χ2n) is 7.81. The molecule has 4 atom stereocenters. The number of aliphatic hydroxyl groups excluding tert-OH is 1. The number of carbonyl (C=O) groups is 2. The molecule has 27 heavy (non-hydrogen) atoms. The topological polar surface area (TPSA) is 70.1 Å². The third kappa shape index (κ3) is 3.52. The van der Waals surface area contributed by atoms with Crippen LogP contribution in [0.2, 0.25) is 0 Å². The standard InChI is InChI=1S/C20H25FN2O4/c21-15-4-6-16(7-5-15)27-12-20(26)22-9-13-8-14(10-22)18(11-24)23-17(13)2-1-3-19(23)25/h4-7,13-14,17-18,24H,1-3,8-12H2/t13-,14+,17+,18+/m1/s1. The van der Waals surface area contributed by atoms with Crippen molar-refractivity contribution in [3.8, 4) is 5.75 Å². The van der Waals surface area contributed by atoms with Crippen molar-refractivity contribution in [3.63, 3.8) is 0 Å². The van der Waals surface area contributed by atoms with E-state index in [-0.39, 0.29) is 54.8 Å². The summed E-state index contributed by atoms with van der Waals surface area (Å²) < 4.78 is 18.5. The summed E-state index contributed by atoms with van der Waals surface area (Å²) in [6, 6.07) is 5.51. The minimum absolute atomic E-state index is 0.0618. The number of carbonyl (C=O) groups excluding carboxylic acids is 2. The molecule has 0 radical (unpaired) electrons. The number of fused-ring (bicyclic) bond motifs is 4. The number of ether oxygens (including phenoxy) is 1. The van der Waals surface area contributed by atoms with Gasteiger partial charge in [-0.15, -0.1) is 0 Å². The molecule has 146 valence electrons. The summed E-state index contributed by atoms with van der Waals surface area (Å²) in [5.41, 5.74) is 0. The Balaban J connectivity index is 1.43. The molecule has 1 aromatic rings. The number of piperidine rings is 3. The smallest absolute Gasteiger partial charge is 0.260 e. The Bertz CT molecular complexity index is 696. The SMILES string of the molecule is O=C(COc1ccc(F)cc1)N1C[C@H]2C[C@@H](C1)[C@H](CO)N1C(=O)CCC[C@@H]21. The highest BCUT2D eigenvalue weighted by Gasteiger charge is 2.49. The van der Waals surface area contributed by atoms with Crippen LogP contribution in [0.15, 0.2) is 24.3 Å². The summed E-state index contributed by atoms with van der Waals surface area (Å²) in [6.45, 7) is 0.995. The minimum Gasteiger partial charge on any atom is -0.484 e. The Kier molecular flexibility index (Phi) is 5.04. The summed E-state index contributed by atoms with van der Waals surface area (Å²) in [5.74, 6) is 0.492. The lowest BCUT2D eigenvalue weighted by Crippen LogP contribution is -2.66. The number of nitrogens with zero attached hydrogens (tertiary/aromatic N) is 2. The lowest BCUT2D eigenvalue weighted by atomic mass is 9.72. The number of likely N-dealkylation sites (tertiary alicyclic amines) is 1. The number of hydrogen-bond donors (Lipinski definition) is 1. The van der Waals surface area contributed by atoms with Gasteiger partial charge in [0.2, 0.25) is 5.91 Å². The molecule has 0 aliphatic carbocycles. The first-order chi connectivity index (χ1) is 13.1. The zero-order chi connectivity index (χ0) is 19.0. The Labute approximate surface area is 157 Å². The fourth-order valence-electron chi connectivity index (χ4n) is 4.98. The van der Waals surface area contributed by atoms with Crippen LogP contribution in [0.4, 0.5) is 4.39 Å². The first-order valence-electron chi connectivity index (χ1n) is 9.65. The van der Waals surface area contributed by atoms with Crippen molar-refractivity contribution in [2.24, 2.45) is 11.8 Å². The third-order valence-electron chi connectivity index (χ3n) is 6.21. The molecule has 3 saturated heterocycles. The number of aliphatic hydroxyl groups is 1. The van der Waals surface area contributed by atoms with E-state index in [4.69, 9.17) is 4.74 Å². The van der Waals surface area contributed by atoms with Gasteiger partial charge in [0, 0.05) is 25.6 Å². The van der Waals surface area contributed by atoms with Crippen LogP contribution in [0.5, 0.6) is 5.75 Å². The molecular weight excluding hydrogens is 351 g/mol. The second-order valence-corrected chi connectivity index (χ2v) is 7.81. The predicted molar refractivity (Wildman–Crippen MR) is 95.4 cm³/mol. The summed E-state index contributed by atoms with van der Waals surface area (Å²) in [5, 5.41) is 9.91. The van der Waals surface area contributed by atoms with Crippen LogP contribution >= 0.6 is 0 Å². The first-order valence-corrected chi connectivity index (χ1v) is 9.65. The fraction of sp³-hybridized carbons (Fsp3) is 0.600. The summed E-state index contributed by atoms with van der Waals surface area (Å²) in [7, 11) is 0. The maximum Gasteiger partial charge on any atom is 0.260 e. The quantitative estimate of drug-likeness (QED) is 0.863. The van der Waals surface area contributed by atoms with Crippen LogP contribution in [-0.4, -0.2) is 65.1 Å². The van der Waals surface area contributed by atoms with Gasteiger partial charge in [-0.05, 0) is 55.4 Å². The summed E-state index contributed by atoms with van der Waals surface area (Å²) in [6.07, 6.45) is 3.32. The van der Waals surface area contributed by atoms with Gasteiger partial charge in [-0.1, -0.05) is 0 Å². The van der Waals surface area contributed by atoms with Gasteiger partial charge in [-0.2, -0.15) is 0 Å². The van der Waals surface area contributed by atoms with Gasteiger partial charge in [-0.3, -0.25) is 9.59 Å². The molecule has 3 aliphatic rings. The molecule has 3 fully saturated rings. The molecule has 1 N–H and O–H groups in total. The lowest BCUT2D eigenvalue weighted by molar-refractivity contribution is -0.159. The first kappa shape index (κ1) is 18.2. The fourth-order valence-corrected chi connectivity index (χ4v) is 4.98. The highest BCUT2D eigenvalue weighted by Crippen LogP contribution is 2.41. The number of benzene rings is 1. The van der Waals surface area contributed by atoms with Crippen LogP contribution < -0.4 is 4.74 Å². The maximum atomic E-state index is 13.0. The van der Waals surface area contributed by atoms with E-state index in [0.717, 1.165) is 19.3 Å². The molecule has 0 saturated carbocycles. The second kappa shape index (κ2) is 7.46. The van der Waals surface area contributed by atoms with E-state index in [2.05, 4.69) is 0 Å². The minimum atomic E-state index is -0.348. The molecule has 1 aromatic carbocycles. The highest BCUT2D eigenvalue weighted by atomic mass is 19.1. The van der Waals surface area contributed by atoms with Crippen LogP contribution in [0.1, 0.15) is 25.7 Å². The average Bonchev–Trinajstić information content (AvgIpc) is 2.68. The highest BCUT2D eigenvalue weighted by molar-refractivity contribution is 5.79.